The second-order valence-corrected chi connectivity index (χ2v) is 9.40. The van der Waals surface area contributed by atoms with Crippen molar-refractivity contribution in [3.63, 3.8) is 0 Å². The smallest absolute Gasteiger partial charge is 0.255 e. The molecule has 1 unspecified atom stereocenters. The van der Waals surface area contributed by atoms with Crippen LogP contribution in [0.4, 0.5) is 11.4 Å². The van der Waals surface area contributed by atoms with Gasteiger partial charge in [0.05, 0.1) is 5.25 Å². The molecule has 0 fully saturated rings. The molecule has 0 aliphatic carbocycles. The largest absolute Gasteiger partial charge is 0.325 e. The number of carbonyl (C=O) groups excluding carboxylic acids is 2. The number of rotatable bonds is 8. The van der Waals surface area contributed by atoms with Crippen LogP contribution in [-0.4, -0.2) is 17.1 Å². The van der Waals surface area contributed by atoms with Crippen molar-refractivity contribution < 1.29 is 9.59 Å². The maximum Gasteiger partial charge on any atom is 0.255 e. The summed E-state index contributed by atoms with van der Waals surface area (Å²) < 4.78 is 0. The summed E-state index contributed by atoms with van der Waals surface area (Å²) in [6.07, 6.45) is 0.695. The van der Waals surface area contributed by atoms with Crippen LogP contribution in [-0.2, 0) is 4.79 Å². The van der Waals surface area contributed by atoms with E-state index in [2.05, 4.69) is 36.6 Å². The lowest BCUT2D eigenvalue weighted by molar-refractivity contribution is -0.115. The van der Waals surface area contributed by atoms with E-state index in [0.717, 1.165) is 16.1 Å². The van der Waals surface area contributed by atoms with Gasteiger partial charge in [-0.2, -0.15) is 0 Å². The van der Waals surface area contributed by atoms with Gasteiger partial charge in [-0.05, 0) is 67.3 Å². The molecule has 0 aliphatic rings. The standard InChI is InChI=1S/C27H30N2O2S/c1-5-25(27(31)28-22-15-13-20(14-16-22)18(2)3)32-24-8-6-7-23(17-24)29-26(30)21-11-9-19(4)10-12-21/h6-18,25H,5H2,1-4H3,(H,28,31)(H,29,30). The second kappa shape index (κ2) is 11.0. The number of nitrogens with one attached hydrogen (secondary N) is 2. The Kier molecular flexibility index (Phi) is 8.12. The Labute approximate surface area is 194 Å². The minimum Gasteiger partial charge on any atom is -0.325 e. The summed E-state index contributed by atoms with van der Waals surface area (Å²) >= 11 is 1.50. The molecule has 166 valence electrons. The quantitative estimate of drug-likeness (QED) is 0.371. The molecule has 0 bridgehead atoms. The average Bonchev–Trinajstić information content (AvgIpc) is 2.78. The highest BCUT2D eigenvalue weighted by atomic mass is 32.2. The number of hydrogen-bond acceptors (Lipinski definition) is 3. The maximum absolute atomic E-state index is 12.8. The highest BCUT2D eigenvalue weighted by Crippen LogP contribution is 2.29. The molecular weight excluding hydrogens is 416 g/mol. The lowest BCUT2D eigenvalue weighted by atomic mass is 10.0. The van der Waals surface area contributed by atoms with Gasteiger partial charge in [-0.1, -0.05) is 56.7 Å². The van der Waals surface area contributed by atoms with Gasteiger partial charge in [0.2, 0.25) is 5.91 Å². The van der Waals surface area contributed by atoms with E-state index < -0.39 is 0 Å². The van der Waals surface area contributed by atoms with Crippen LogP contribution in [0, 0.1) is 6.92 Å². The lowest BCUT2D eigenvalue weighted by Gasteiger charge is -2.16. The predicted octanol–water partition coefficient (Wildman–Crippen LogP) is 6.88. The van der Waals surface area contributed by atoms with Crippen molar-refractivity contribution in [2.75, 3.05) is 10.6 Å². The first-order valence-corrected chi connectivity index (χ1v) is 11.8. The van der Waals surface area contributed by atoms with Gasteiger partial charge < -0.3 is 10.6 Å². The van der Waals surface area contributed by atoms with Crippen molar-refractivity contribution >= 4 is 35.0 Å². The monoisotopic (exact) mass is 446 g/mol. The molecule has 2 amide bonds. The summed E-state index contributed by atoms with van der Waals surface area (Å²) in [6, 6.07) is 23.1. The van der Waals surface area contributed by atoms with Crippen LogP contribution in [0.2, 0.25) is 0 Å². The molecule has 1 atom stereocenters. The van der Waals surface area contributed by atoms with Crippen LogP contribution in [0.15, 0.2) is 77.7 Å². The van der Waals surface area contributed by atoms with Gasteiger partial charge in [0.25, 0.3) is 5.91 Å². The average molecular weight is 447 g/mol. The van der Waals surface area contributed by atoms with Gasteiger partial charge in [0.15, 0.2) is 0 Å². The number of hydrogen-bond donors (Lipinski definition) is 2. The van der Waals surface area contributed by atoms with Crippen molar-refractivity contribution in [1.82, 2.24) is 0 Å². The fraction of sp³-hybridized carbons (Fsp3) is 0.259. The van der Waals surface area contributed by atoms with Crippen molar-refractivity contribution in [3.8, 4) is 0 Å². The van der Waals surface area contributed by atoms with E-state index in [4.69, 9.17) is 0 Å². The Bertz CT molecular complexity index is 1060. The highest BCUT2D eigenvalue weighted by molar-refractivity contribution is 8.00. The Morgan fingerprint density at radius 2 is 1.56 bits per heavy atom. The second-order valence-electron chi connectivity index (χ2n) is 8.13. The molecule has 5 heteroatoms. The molecule has 0 heterocycles. The van der Waals surface area contributed by atoms with Crippen molar-refractivity contribution in [3.05, 3.63) is 89.5 Å². The van der Waals surface area contributed by atoms with Gasteiger partial charge in [0.1, 0.15) is 0 Å². The minimum absolute atomic E-state index is 0.0242. The number of aryl methyl sites for hydroxylation is 1. The van der Waals surface area contributed by atoms with Crippen molar-refractivity contribution in [1.29, 1.82) is 0 Å². The van der Waals surface area contributed by atoms with E-state index in [-0.39, 0.29) is 17.1 Å². The normalized spacial score (nSPS) is 11.8. The summed E-state index contributed by atoms with van der Waals surface area (Å²) in [7, 11) is 0. The lowest BCUT2D eigenvalue weighted by Crippen LogP contribution is -2.24. The summed E-state index contributed by atoms with van der Waals surface area (Å²) in [5.41, 5.74) is 4.48. The summed E-state index contributed by atoms with van der Waals surface area (Å²) in [5.74, 6) is 0.281. The fourth-order valence-electron chi connectivity index (χ4n) is 3.22. The van der Waals surface area contributed by atoms with Crippen molar-refractivity contribution in [2.24, 2.45) is 0 Å². The van der Waals surface area contributed by atoms with Crippen LogP contribution in [0.3, 0.4) is 0 Å². The first-order valence-electron chi connectivity index (χ1n) is 10.9. The van der Waals surface area contributed by atoms with E-state index in [1.54, 1.807) is 0 Å². The molecule has 0 saturated carbocycles. The number of anilines is 2. The van der Waals surface area contributed by atoms with Crippen LogP contribution in [0.5, 0.6) is 0 Å². The third kappa shape index (κ3) is 6.47. The Morgan fingerprint density at radius 1 is 0.875 bits per heavy atom. The van der Waals surface area contributed by atoms with Gasteiger partial charge in [0, 0.05) is 21.8 Å². The third-order valence-electron chi connectivity index (χ3n) is 5.19. The molecular formula is C27H30N2O2S. The zero-order valence-electron chi connectivity index (χ0n) is 19.0. The molecule has 0 saturated heterocycles. The van der Waals surface area contributed by atoms with Crippen LogP contribution in [0.25, 0.3) is 0 Å². The minimum atomic E-state index is -0.233. The molecule has 3 rings (SSSR count). The number of carbonyl (C=O) groups is 2. The van der Waals surface area contributed by atoms with Gasteiger partial charge >= 0.3 is 0 Å². The van der Waals surface area contributed by atoms with E-state index in [0.29, 0.717) is 23.6 Å². The van der Waals surface area contributed by atoms with E-state index in [1.807, 2.05) is 74.5 Å². The van der Waals surface area contributed by atoms with Gasteiger partial charge in [-0.3, -0.25) is 9.59 Å². The first kappa shape index (κ1) is 23.6. The highest BCUT2D eigenvalue weighted by Gasteiger charge is 2.18. The summed E-state index contributed by atoms with van der Waals surface area (Å²) in [6.45, 7) is 8.29. The molecule has 3 aromatic rings. The Balaban J connectivity index is 1.63. The van der Waals surface area contributed by atoms with E-state index in [1.165, 1.54) is 17.3 Å². The summed E-state index contributed by atoms with van der Waals surface area (Å²) in [4.78, 5) is 26.3. The van der Waals surface area contributed by atoms with Crippen LogP contribution < -0.4 is 10.6 Å². The Morgan fingerprint density at radius 3 is 2.19 bits per heavy atom. The first-order chi connectivity index (χ1) is 15.4. The topological polar surface area (TPSA) is 58.2 Å². The molecule has 4 nitrogen and oxygen atoms in total. The van der Waals surface area contributed by atoms with Crippen LogP contribution in [0.1, 0.15) is 54.6 Å². The van der Waals surface area contributed by atoms with Gasteiger partial charge in [-0.15, -0.1) is 11.8 Å². The number of thioether (sulfide) groups is 1. The number of amides is 2. The summed E-state index contributed by atoms with van der Waals surface area (Å²) in [5, 5.41) is 5.73. The molecule has 3 aromatic carbocycles. The zero-order valence-corrected chi connectivity index (χ0v) is 19.8. The maximum atomic E-state index is 12.8. The molecule has 0 aromatic heterocycles. The SMILES string of the molecule is CCC(Sc1cccc(NC(=O)c2ccc(C)cc2)c1)C(=O)Nc1ccc(C(C)C)cc1. The van der Waals surface area contributed by atoms with E-state index in [9.17, 15) is 9.59 Å². The molecule has 32 heavy (non-hydrogen) atoms. The Hall–Kier alpha value is -3.05. The molecule has 0 aliphatic heterocycles. The number of benzene rings is 3. The molecule has 0 spiro atoms. The predicted molar refractivity (Wildman–Crippen MR) is 135 cm³/mol. The van der Waals surface area contributed by atoms with Crippen LogP contribution >= 0.6 is 11.8 Å². The van der Waals surface area contributed by atoms with E-state index >= 15 is 0 Å². The fourth-order valence-corrected chi connectivity index (χ4v) is 4.23. The third-order valence-corrected chi connectivity index (χ3v) is 6.55. The van der Waals surface area contributed by atoms with Gasteiger partial charge in [-0.25, -0.2) is 0 Å². The zero-order chi connectivity index (χ0) is 23.1. The van der Waals surface area contributed by atoms with Crippen molar-refractivity contribution in [2.45, 2.75) is 50.2 Å². The molecule has 2 N–H and O–H groups in total. The molecule has 0 radical (unpaired) electrons.